The summed E-state index contributed by atoms with van der Waals surface area (Å²) in [5, 5.41) is 0. The third-order valence-corrected chi connectivity index (χ3v) is 1.90. The van der Waals surface area contributed by atoms with Gasteiger partial charge in [0.1, 0.15) is 0 Å². The summed E-state index contributed by atoms with van der Waals surface area (Å²) in [7, 11) is 0. The van der Waals surface area contributed by atoms with E-state index in [1.165, 1.54) is 19.3 Å². The van der Waals surface area contributed by atoms with Crippen LogP contribution in [0.4, 0.5) is 8.78 Å². The van der Waals surface area contributed by atoms with E-state index in [-0.39, 0.29) is 6.42 Å². The van der Waals surface area contributed by atoms with Crippen LogP contribution in [0.2, 0.25) is 0 Å². The molecule has 0 saturated heterocycles. The Morgan fingerprint density at radius 2 is 1.50 bits per heavy atom. The Balaban J connectivity index is 3.01. The van der Waals surface area contributed by atoms with Crippen LogP contribution in [0.1, 0.15) is 51.9 Å². The van der Waals surface area contributed by atoms with Gasteiger partial charge in [0.15, 0.2) is 0 Å². The summed E-state index contributed by atoms with van der Waals surface area (Å²) in [6, 6.07) is 0. The third kappa shape index (κ3) is 9.86. The molecule has 12 heavy (non-hydrogen) atoms. The van der Waals surface area contributed by atoms with E-state index in [1.54, 1.807) is 0 Å². The van der Waals surface area contributed by atoms with Crippen molar-refractivity contribution in [2.24, 2.45) is 0 Å². The fourth-order valence-electron chi connectivity index (χ4n) is 1.16. The Hall–Kier alpha value is -0.140. The van der Waals surface area contributed by atoms with E-state index in [4.69, 9.17) is 0 Å². The van der Waals surface area contributed by atoms with E-state index in [0.29, 0.717) is 6.42 Å². The minimum Gasteiger partial charge on any atom is -0.207 e. The van der Waals surface area contributed by atoms with Crippen molar-refractivity contribution in [1.29, 1.82) is 0 Å². The summed E-state index contributed by atoms with van der Waals surface area (Å²) in [5.41, 5.74) is 0. The Bertz CT molecular complexity index is 94.5. The molecule has 0 aromatic carbocycles. The zero-order chi connectivity index (χ0) is 9.45. The monoisotopic (exact) mass is 177 g/mol. The Morgan fingerprint density at radius 3 is 2.00 bits per heavy atom. The Kier molecular flexibility index (Phi) is 6.31. The highest BCUT2D eigenvalue weighted by molar-refractivity contribution is 4.67. The van der Waals surface area contributed by atoms with E-state index in [0.717, 1.165) is 12.8 Å². The number of unbranched alkanes of at least 4 members (excludes halogenated alkanes) is 5. The number of halogens is 2. The zero-order valence-corrected chi connectivity index (χ0v) is 7.91. The van der Waals surface area contributed by atoms with Gasteiger partial charge in [-0.2, -0.15) is 0 Å². The van der Waals surface area contributed by atoms with Crippen molar-refractivity contribution >= 4 is 0 Å². The van der Waals surface area contributed by atoms with Gasteiger partial charge in [-0.15, -0.1) is 0 Å². The van der Waals surface area contributed by atoms with E-state index in [1.807, 2.05) is 0 Å². The van der Waals surface area contributed by atoms with Crippen LogP contribution < -0.4 is 0 Å². The molecule has 0 N–H and O–H groups in total. The van der Waals surface area contributed by atoms with Gasteiger partial charge in [-0.3, -0.25) is 0 Å². The van der Waals surface area contributed by atoms with Crippen molar-refractivity contribution in [1.82, 2.24) is 0 Å². The molecule has 0 nitrogen and oxygen atoms in total. The first-order chi connectivity index (χ1) is 5.56. The quantitative estimate of drug-likeness (QED) is 0.511. The van der Waals surface area contributed by atoms with Crippen LogP contribution in [0.15, 0.2) is 0 Å². The molecule has 73 valence electrons. The topological polar surface area (TPSA) is 0 Å². The molecule has 0 heterocycles. The van der Waals surface area contributed by atoms with Crippen LogP contribution in [-0.2, 0) is 0 Å². The SMILES string of the molecule is [CH2]C(F)(F)CCCCCCCC. The fourth-order valence-corrected chi connectivity index (χ4v) is 1.16. The molecule has 0 amide bonds. The predicted molar refractivity (Wildman–Crippen MR) is 48.3 cm³/mol. The average Bonchev–Trinajstić information content (AvgIpc) is 1.94. The Morgan fingerprint density at radius 1 is 1.00 bits per heavy atom. The molecule has 0 bridgehead atoms. The second-order valence-electron chi connectivity index (χ2n) is 3.37. The van der Waals surface area contributed by atoms with Gasteiger partial charge in [-0.05, 0) is 6.42 Å². The molecule has 0 saturated carbocycles. The van der Waals surface area contributed by atoms with Gasteiger partial charge in [0.25, 0.3) is 0 Å². The van der Waals surface area contributed by atoms with Crippen LogP contribution in [0, 0.1) is 6.92 Å². The smallest absolute Gasteiger partial charge is 0.207 e. The van der Waals surface area contributed by atoms with Crippen molar-refractivity contribution < 1.29 is 8.78 Å². The van der Waals surface area contributed by atoms with Gasteiger partial charge in [0.2, 0.25) is 5.92 Å². The van der Waals surface area contributed by atoms with Gasteiger partial charge in [-0.25, -0.2) is 8.78 Å². The molecule has 0 atom stereocenters. The van der Waals surface area contributed by atoms with E-state index in [9.17, 15) is 8.78 Å². The summed E-state index contributed by atoms with van der Waals surface area (Å²) in [6.07, 6.45) is 6.17. The summed E-state index contributed by atoms with van der Waals surface area (Å²) in [4.78, 5) is 0. The standard InChI is InChI=1S/C10H19F2/c1-3-4-5-6-7-8-9-10(2,11)12/h2-9H2,1H3. The first kappa shape index (κ1) is 11.9. The van der Waals surface area contributed by atoms with Gasteiger partial charge >= 0.3 is 0 Å². The molecule has 0 fully saturated rings. The second-order valence-corrected chi connectivity index (χ2v) is 3.37. The van der Waals surface area contributed by atoms with Crippen molar-refractivity contribution in [2.45, 2.75) is 57.8 Å². The van der Waals surface area contributed by atoms with Crippen molar-refractivity contribution in [3.63, 3.8) is 0 Å². The lowest BCUT2D eigenvalue weighted by molar-refractivity contribution is 0.0395. The molecule has 1 radical (unpaired) electrons. The lowest BCUT2D eigenvalue weighted by Crippen LogP contribution is -2.08. The third-order valence-electron chi connectivity index (χ3n) is 1.90. The second kappa shape index (κ2) is 6.38. The van der Waals surface area contributed by atoms with Crippen LogP contribution >= 0.6 is 0 Å². The molecule has 0 rings (SSSR count). The normalized spacial score (nSPS) is 12.0. The lowest BCUT2D eigenvalue weighted by atomic mass is 10.1. The number of hydrogen-bond acceptors (Lipinski definition) is 0. The van der Waals surface area contributed by atoms with Crippen LogP contribution in [0.25, 0.3) is 0 Å². The van der Waals surface area contributed by atoms with E-state index < -0.39 is 5.92 Å². The summed E-state index contributed by atoms with van der Waals surface area (Å²) >= 11 is 0. The number of hydrogen-bond donors (Lipinski definition) is 0. The van der Waals surface area contributed by atoms with Crippen molar-refractivity contribution in [3.8, 4) is 0 Å². The van der Waals surface area contributed by atoms with Crippen LogP contribution in [0.5, 0.6) is 0 Å². The summed E-state index contributed by atoms with van der Waals surface area (Å²) in [6.45, 7) is 4.91. The van der Waals surface area contributed by atoms with E-state index >= 15 is 0 Å². The minimum absolute atomic E-state index is 0.0564. The van der Waals surface area contributed by atoms with Crippen molar-refractivity contribution in [3.05, 3.63) is 6.92 Å². The maximum Gasteiger partial charge on any atom is 0.248 e. The lowest BCUT2D eigenvalue weighted by Gasteiger charge is -2.08. The summed E-state index contributed by atoms with van der Waals surface area (Å²) < 4.78 is 24.4. The minimum atomic E-state index is -2.70. The first-order valence-corrected chi connectivity index (χ1v) is 4.79. The van der Waals surface area contributed by atoms with Gasteiger partial charge in [0, 0.05) is 13.3 Å². The van der Waals surface area contributed by atoms with Gasteiger partial charge < -0.3 is 0 Å². The van der Waals surface area contributed by atoms with E-state index in [2.05, 4.69) is 13.8 Å². The largest absolute Gasteiger partial charge is 0.248 e. The number of rotatable bonds is 7. The highest BCUT2D eigenvalue weighted by atomic mass is 19.3. The molecule has 2 heteroatoms. The van der Waals surface area contributed by atoms with Gasteiger partial charge in [-0.1, -0.05) is 39.0 Å². The van der Waals surface area contributed by atoms with Crippen LogP contribution in [0.3, 0.4) is 0 Å². The highest BCUT2D eigenvalue weighted by Gasteiger charge is 2.19. The predicted octanol–water partition coefficient (Wildman–Crippen LogP) is 4.21. The van der Waals surface area contributed by atoms with Crippen molar-refractivity contribution in [2.75, 3.05) is 0 Å². The molecule has 0 aliphatic carbocycles. The molecule has 0 aliphatic heterocycles. The molecule has 0 spiro atoms. The molecule has 0 aromatic rings. The first-order valence-electron chi connectivity index (χ1n) is 4.79. The molecule has 0 aliphatic rings. The molecule has 0 unspecified atom stereocenters. The molecular formula is C10H19F2. The Labute approximate surface area is 74.4 Å². The number of alkyl halides is 2. The highest BCUT2D eigenvalue weighted by Crippen LogP contribution is 2.20. The maximum atomic E-state index is 12.2. The summed E-state index contributed by atoms with van der Waals surface area (Å²) in [5.74, 6) is -2.70. The maximum absolute atomic E-state index is 12.2. The van der Waals surface area contributed by atoms with Crippen LogP contribution in [-0.4, -0.2) is 5.92 Å². The molecule has 0 aromatic heterocycles. The fraction of sp³-hybridized carbons (Fsp3) is 0.900. The average molecular weight is 177 g/mol. The molecular weight excluding hydrogens is 158 g/mol. The van der Waals surface area contributed by atoms with Gasteiger partial charge in [0.05, 0.1) is 0 Å². The zero-order valence-electron chi connectivity index (χ0n) is 7.91.